The molecule has 0 bridgehead atoms. The largest absolute Gasteiger partial charge is 0.370 e. The minimum absolute atomic E-state index is 0.0273. The Labute approximate surface area is 421 Å². The van der Waals surface area contributed by atoms with E-state index in [0.717, 1.165) is 23.3 Å². The van der Waals surface area contributed by atoms with Gasteiger partial charge in [-0.05, 0) is 92.2 Å². The Morgan fingerprint density at radius 2 is 1.61 bits per heavy atom. The van der Waals surface area contributed by atoms with E-state index < -0.39 is 102 Å². The molecule has 0 radical (unpaired) electrons. The minimum atomic E-state index is -1.48. The van der Waals surface area contributed by atoms with Crippen molar-refractivity contribution >= 4 is 93.6 Å². The molecule has 2 saturated heterocycles. The SMILES string of the molecule is CC(C)[C@@H]1NC(=O)[C@H](Cc2cccs2)NC(=O)[C@H](Cc2ccc(Cl)cc2)CC(=O)CCCSC[C@@H](C(=O)N2CCC[C@H]2C(=O)N[C@H](CCCN=C(N)N)C(=O)NC2CC2)CC(=O)[C@H](CC(N)=O)NC1=O. The third-order valence-corrected chi connectivity index (χ3v) is 14.8. The van der Waals surface area contributed by atoms with Crippen LogP contribution in [0.3, 0.4) is 0 Å². The molecule has 7 atom stereocenters. The van der Waals surface area contributed by atoms with Gasteiger partial charge in [-0.25, -0.2) is 0 Å². The number of aliphatic imine (C=N–C) groups is 1. The number of hydrogen-bond donors (Lipinski definition) is 8. The number of thioether (sulfide) groups is 1. The van der Waals surface area contributed by atoms with E-state index in [-0.39, 0.29) is 74.6 Å². The van der Waals surface area contributed by atoms with E-state index in [2.05, 4.69) is 31.6 Å². The average Bonchev–Trinajstić information content (AvgIpc) is 3.71. The summed E-state index contributed by atoms with van der Waals surface area (Å²) in [5.41, 5.74) is 17.3. The van der Waals surface area contributed by atoms with Gasteiger partial charge in [-0.2, -0.15) is 11.8 Å². The zero-order valence-electron chi connectivity index (χ0n) is 39.8. The molecule has 3 fully saturated rings. The van der Waals surface area contributed by atoms with Crippen LogP contribution in [-0.2, 0) is 56.0 Å². The van der Waals surface area contributed by atoms with E-state index in [4.69, 9.17) is 28.8 Å². The van der Waals surface area contributed by atoms with Gasteiger partial charge in [0.25, 0.3) is 0 Å². The first kappa shape index (κ1) is 55.4. The molecule has 1 aliphatic carbocycles. The smallest absolute Gasteiger partial charge is 0.243 e. The normalized spacial score (nSPS) is 23.9. The first-order valence-corrected chi connectivity index (χ1v) is 26.3. The third-order valence-electron chi connectivity index (χ3n) is 12.4. The van der Waals surface area contributed by atoms with Crippen LogP contribution < -0.4 is 43.8 Å². The number of guanidine groups is 1. The highest BCUT2D eigenvalue weighted by Crippen LogP contribution is 2.27. The van der Waals surface area contributed by atoms with Crippen LogP contribution in [0, 0.1) is 17.8 Å². The van der Waals surface area contributed by atoms with Crippen molar-refractivity contribution < 1.29 is 43.2 Å². The molecule has 0 unspecified atom stereocenters. The molecule has 22 heteroatoms. The minimum Gasteiger partial charge on any atom is -0.370 e. The van der Waals surface area contributed by atoms with Crippen LogP contribution in [0.5, 0.6) is 0 Å². The van der Waals surface area contributed by atoms with Gasteiger partial charge in [-0.1, -0.05) is 43.6 Å². The number of Topliss-reactive ketones (excluding diaryl/α,β-unsaturated/α-hetero) is 2. The van der Waals surface area contributed by atoms with Gasteiger partial charge < -0.3 is 48.7 Å². The molecule has 3 heterocycles. The van der Waals surface area contributed by atoms with Crippen molar-refractivity contribution in [1.82, 2.24) is 31.5 Å². The van der Waals surface area contributed by atoms with Crippen LogP contribution in [0.2, 0.25) is 5.02 Å². The Balaban J connectivity index is 1.41. The van der Waals surface area contributed by atoms with Gasteiger partial charge in [0.1, 0.15) is 30.0 Å². The van der Waals surface area contributed by atoms with Crippen LogP contribution in [-0.4, -0.2) is 125 Å². The van der Waals surface area contributed by atoms with Crippen molar-refractivity contribution in [2.45, 2.75) is 134 Å². The number of halogens is 1. The molecule has 1 aromatic carbocycles. The zero-order valence-corrected chi connectivity index (χ0v) is 42.1. The van der Waals surface area contributed by atoms with E-state index in [9.17, 15) is 43.2 Å². The molecular formula is C48H67ClN10O9S2. The quantitative estimate of drug-likeness (QED) is 0.0677. The molecule has 19 nitrogen and oxygen atoms in total. The fourth-order valence-electron chi connectivity index (χ4n) is 8.47. The molecule has 382 valence electrons. The number of primary amides is 1. The molecule has 1 saturated carbocycles. The summed E-state index contributed by atoms with van der Waals surface area (Å²) in [6.45, 7) is 3.79. The monoisotopic (exact) mass is 1030 g/mol. The second-order valence-electron chi connectivity index (χ2n) is 18.6. The number of amides is 7. The second-order valence-corrected chi connectivity index (χ2v) is 21.2. The molecular weight excluding hydrogens is 960 g/mol. The van der Waals surface area contributed by atoms with Crippen LogP contribution in [0.25, 0.3) is 0 Å². The van der Waals surface area contributed by atoms with E-state index in [1.165, 1.54) is 28.0 Å². The van der Waals surface area contributed by atoms with Crippen LogP contribution >= 0.6 is 34.7 Å². The maximum atomic E-state index is 14.6. The number of carbonyl (C=O) groups is 9. The van der Waals surface area contributed by atoms with E-state index >= 15 is 0 Å². The molecule has 5 rings (SSSR count). The number of nitrogens with one attached hydrogen (secondary N) is 5. The van der Waals surface area contributed by atoms with Crippen molar-refractivity contribution in [1.29, 1.82) is 0 Å². The van der Waals surface area contributed by atoms with Gasteiger partial charge in [-0.15, -0.1) is 11.3 Å². The molecule has 2 aromatic rings. The highest BCUT2D eigenvalue weighted by molar-refractivity contribution is 7.99. The number of nitrogens with zero attached hydrogens (tertiary/aromatic N) is 2. The first-order valence-electron chi connectivity index (χ1n) is 23.9. The molecule has 11 N–H and O–H groups in total. The Hall–Kier alpha value is -5.54. The Morgan fingerprint density at radius 1 is 0.886 bits per heavy atom. The summed E-state index contributed by atoms with van der Waals surface area (Å²) in [5.74, 6) is -7.26. The van der Waals surface area contributed by atoms with Crippen molar-refractivity contribution in [3.63, 3.8) is 0 Å². The lowest BCUT2D eigenvalue weighted by molar-refractivity contribution is -0.143. The maximum Gasteiger partial charge on any atom is 0.243 e. The van der Waals surface area contributed by atoms with E-state index in [1.54, 1.807) is 44.2 Å². The van der Waals surface area contributed by atoms with E-state index in [0.29, 0.717) is 36.5 Å². The summed E-state index contributed by atoms with van der Waals surface area (Å²) in [6.07, 6.45) is 2.62. The Kier molecular flexibility index (Phi) is 21.5. The van der Waals surface area contributed by atoms with Crippen molar-refractivity contribution in [3.05, 3.63) is 57.2 Å². The van der Waals surface area contributed by atoms with Crippen molar-refractivity contribution in [2.24, 2.45) is 39.9 Å². The highest BCUT2D eigenvalue weighted by Gasteiger charge is 2.41. The Morgan fingerprint density at radius 3 is 2.27 bits per heavy atom. The molecule has 3 aliphatic rings. The number of hydrogen-bond acceptors (Lipinski definition) is 12. The lowest BCUT2D eigenvalue weighted by Gasteiger charge is -2.30. The molecule has 1 aromatic heterocycles. The number of nitrogens with two attached hydrogens (primary N) is 3. The fourth-order valence-corrected chi connectivity index (χ4v) is 10.4. The first-order chi connectivity index (χ1) is 33.4. The summed E-state index contributed by atoms with van der Waals surface area (Å²) in [7, 11) is 0. The third kappa shape index (κ3) is 17.7. The summed E-state index contributed by atoms with van der Waals surface area (Å²) >= 11 is 8.85. The Bertz CT molecular complexity index is 2200. The van der Waals surface area contributed by atoms with E-state index in [1.807, 2.05) is 11.4 Å². The number of benzene rings is 1. The second kappa shape index (κ2) is 27.2. The summed E-state index contributed by atoms with van der Waals surface area (Å²) in [6, 6.07) is 4.77. The predicted octanol–water partition coefficient (Wildman–Crippen LogP) is 1.66. The van der Waals surface area contributed by atoms with Gasteiger partial charge >= 0.3 is 0 Å². The van der Waals surface area contributed by atoms with Gasteiger partial charge in [0.2, 0.25) is 41.4 Å². The van der Waals surface area contributed by atoms with Gasteiger partial charge in [0.05, 0.1) is 18.4 Å². The van der Waals surface area contributed by atoms with Gasteiger partial charge in [0.15, 0.2) is 11.7 Å². The van der Waals surface area contributed by atoms with Crippen LogP contribution in [0.1, 0.15) is 94.9 Å². The van der Waals surface area contributed by atoms with Crippen LogP contribution in [0.15, 0.2) is 46.8 Å². The van der Waals surface area contributed by atoms with Gasteiger partial charge in [0, 0.05) is 66.4 Å². The number of ketones is 2. The average molecular weight is 1030 g/mol. The molecule has 0 spiro atoms. The summed E-state index contributed by atoms with van der Waals surface area (Å²) < 4.78 is 0. The number of carbonyl (C=O) groups excluding carboxylic acids is 9. The number of likely N-dealkylation sites (tertiary alicyclic amines) is 1. The van der Waals surface area contributed by atoms with Crippen molar-refractivity contribution in [3.8, 4) is 0 Å². The lowest BCUT2D eigenvalue weighted by Crippen LogP contribution is -2.58. The predicted molar refractivity (Wildman–Crippen MR) is 268 cm³/mol. The fraction of sp³-hybridized carbons (Fsp3) is 0.583. The summed E-state index contributed by atoms with van der Waals surface area (Å²) in [5, 5.41) is 16.3. The van der Waals surface area contributed by atoms with Gasteiger partial charge in [-0.3, -0.25) is 48.1 Å². The maximum absolute atomic E-state index is 14.6. The van der Waals surface area contributed by atoms with Crippen molar-refractivity contribution in [2.75, 3.05) is 24.6 Å². The standard InChI is InChI=1S/C48H67ClN10O9S2/c1-27(2)41-46(67)56-36(25-40(50)62)39(61)23-30(47(68)59-18-4-10-38(59)45(66)55-35(9-3-17-53-48(51)52)43(64)54-32-15-16-32)26-69-19-5-7-33(60)22-29(21-28-11-13-31(49)14-12-28)42(63)57-37(44(65)58-41)24-34-8-6-20-70-34/h6,8,11-14,20,27,29-30,32,35-38,41H,3-5,7,9-10,15-19,21-26H2,1-2H3,(H2,50,62)(H,54,64)(H,55,66)(H,56,67)(H,57,63)(H,58,65)(H4,51,52,53)/t29-,30+,35-,36+,37+,38+,41+/m1/s1. The lowest BCUT2D eigenvalue weighted by atomic mass is 9.91. The molecule has 7 amide bonds. The number of rotatable bonds is 16. The molecule has 70 heavy (non-hydrogen) atoms. The molecule has 2 aliphatic heterocycles. The topological polar surface area (TPSA) is 307 Å². The zero-order chi connectivity index (χ0) is 50.9. The highest BCUT2D eigenvalue weighted by atomic mass is 35.5. The number of thiophene rings is 1. The van der Waals surface area contributed by atoms with Crippen LogP contribution in [0.4, 0.5) is 0 Å². The summed E-state index contributed by atoms with van der Waals surface area (Å²) in [4.78, 5) is 131.